The molecule has 2 aromatic heterocycles. The summed E-state index contributed by atoms with van der Waals surface area (Å²) in [5.41, 5.74) is 6.79. The number of hydrogen-bond acceptors (Lipinski definition) is 3. The van der Waals surface area contributed by atoms with Crippen LogP contribution >= 0.6 is 10.5 Å². The first-order valence-electron chi connectivity index (χ1n) is 3.93. The van der Waals surface area contributed by atoms with Crippen molar-refractivity contribution in [1.29, 1.82) is 0 Å². The molecular formula is C9H10N3S+. The molecular weight excluding hydrogens is 182 g/mol. The van der Waals surface area contributed by atoms with Crippen molar-refractivity contribution in [3.8, 4) is 4.90 Å². The van der Waals surface area contributed by atoms with Crippen LogP contribution < -0.4 is 5.73 Å². The Hall–Kier alpha value is -1.42. The summed E-state index contributed by atoms with van der Waals surface area (Å²) in [6, 6.07) is 3.95. The zero-order chi connectivity index (χ0) is 9.26. The molecule has 0 aromatic carbocycles. The lowest BCUT2D eigenvalue weighted by Crippen LogP contribution is -1.83. The summed E-state index contributed by atoms with van der Waals surface area (Å²) in [6.45, 7) is 1.96. The standard InChI is InChI=1S/C9H10N3S/c1-7-6-13(9(10)12-7)8-2-4-11-5-3-8/h2-6H,1H3,(H2,10,12)/q+1. The molecule has 1 atom stereocenters. The number of nitrogen functional groups attached to an aromatic ring is 1. The van der Waals surface area contributed by atoms with E-state index in [0.717, 1.165) is 5.69 Å². The highest BCUT2D eigenvalue weighted by atomic mass is 32.2. The lowest BCUT2D eigenvalue weighted by Gasteiger charge is -1.86. The summed E-state index contributed by atoms with van der Waals surface area (Å²) in [7, 11) is -0.140. The van der Waals surface area contributed by atoms with Gasteiger partial charge in [-0.05, 0) is 6.92 Å². The van der Waals surface area contributed by atoms with Crippen molar-refractivity contribution in [2.45, 2.75) is 6.92 Å². The Morgan fingerprint density at radius 3 is 2.54 bits per heavy atom. The molecule has 0 fully saturated rings. The van der Waals surface area contributed by atoms with Gasteiger partial charge in [0.15, 0.2) is 10.3 Å². The molecule has 0 saturated heterocycles. The second kappa shape index (κ2) is 3.14. The van der Waals surface area contributed by atoms with Crippen LogP contribution in [0.1, 0.15) is 5.69 Å². The van der Waals surface area contributed by atoms with Gasteiger partial charge < -0.3 is 5.73 Å². The van der Waals surface area contributed by atoms with Gasteiger partial charge in [0, 0.05) is 24.5 Å². The van der Waals surface area contributed by atoms with Gasteiger partial charge in [0.25, 0.3) is 0 Å². The molecule has 2 N–H and O–H groups in total. The van der Waals surface area contributed by atoms with E-state index in [9.17, 15) is 0 Å². The van der Waals surface area contributed by atoms with Crippen molar-refractivity contribution in [2.75, 3.05) is 5.73 Å². The van der Waals surface area contributed by atoms with E-state index in [2.05, 4.69) is 15.3 Å². The zero-order valence-corrected chi connectivity index (χ0v) is 8.08. The van der Waals surface area contributed by atoms with E-state index in [0.29, 0.717) is 5.13 Å². The maximum Gasteiger partial charge on any atom is 0.343 e. The third kappa shape index (κ3) is 1.53. The molecule has 0 amide bonds. The molecule has 13 heavy (non-hydrogen) atoms. The maximum atomic E-state index is 5.79. The van der Waals surface area contributed by atoms with Crippen molar-refractivity contribution < 1.29 is 0 Å². The van der Waals surface area contributed by atoms with Crippen LogP contribution in [-0.2, 0) is 0 Å². The minimum absolute atomic E-state index is 0.140. The van der Waals surface area contributed by atoms with E-state index in [1.807, 2.05) is 19.1 Å². The normalized spacial score (nSPS) is 11.6. The number of anilines is 1. The summed E-state index contributed by atoms with van der Waals surface area (Å²) in [5.74, 6) is 0. The van der Waals surface area contributed by atoms with E-state index in [1.54, 1.807) is 12.4 Å². The maximum absolute atomic E-state index is 5.79. The Morgan fingerprint density at radius 2 is 2.00 bits per heavy atom. The Labute approximate surface area is 79.2 Å². The summed E-state index contributed by atoms with van der Waals surface area (Å²) in [4.78, 5) is 9.33. The van der Waals surface area contributed by atoms with E-state index in [1.165, 1.54) is 4.90 Å². The topological polar surface area (TPSA) is 51.8 Å². The number of rotatable bonds is 1. The van der Waals surface area contributed by atoms with Crippen molar-refractivity contribution in [1.82, 2.24) is 9.97 Å². The fourth-order valence-electron chi connectivity index (χ4n) is 1.15. The first-order chi connectivity index (χ1) is 6.27. The molecule has 0 aliphatic heterocycles. The second-order valence-electron chi connectivity index (χ2n) is 2.73. The van der Waals surface area contributed by atoms with E-state index >= 15 is 0 Å². The molecule has 0 spiro atoms. The van der Waals surface area contributed by atoms with Gasteiger partial charge in [0.1, 0.15) is 0 Å². The van der Waals surface area contributed by atoms with Gasteiger partial charge in [0.2, 0.25) is 0 Å². The predicted molar refractivity (Wildman–Crippen MR) is 55.0 cm³/mol. The fourth-order valence-corrected chi connectivity index (χ4v) is 2.70. The molecule has 66 valence electrons. The number of nitrogens with zero attached hydrogens (tertiary/aromatic N) is 2. The van der Waals surface area contributed by atoms with Crippen LogP contribution in [0.4, 0.5) is 5.13 Å². The average Bonchev–Trinajstić information content (AvgIpc) is 2.47. The van der Waals surface area contributed by atoms with Crippen LogP contribution in [0.2, 0.25) is 0 Å². The molecule has 1 unspecified atom stereocenters. The Kier molecular flexibility index (Phi) is 1.98. The molecule has 0 aliphatic carbocycles. The van der Waals surface area contributed by atoms with Crippen LogP contribution in [0, 0.1) is 6.92 Å². The molecule has 3 nitrogen and oxygen atoms in total. The van der Waals surface area contributed by atoms with Gasteiger partial charge in [-0.25, -0.2) is 0 Å². The largest absolute Gasteiger partial charge is 0.343 e. The summed E-state index contributed by atoms with van der Waals surface area (Å²) in [6.07, 6.45) is 3.55. The van der Waals surface area contributed by atoms with Crippen molar-refractivity contribution in [3.05, 3.63) is 35.6 Å². The van der Waals surface area contributed by atoms with Crippen LogP contribution in [-0.4, -0.2) is 9.97 Å². The van der Waals surface area contributed by atoms with Crippen molar-refractivity contribution >= 4 is 15.6 Å². The first-order valence-corrected chi connectivity index (χ1v) is 5.22. The smallest absolute Gasteiger partial charge is 0.339 e. The minimum atomic E-state index is -0.140. The number of aromatic nitrogens is 2. The van der Waals surface area contributed by atoms with Gasteiger partial charge in [-0.3, -0.25) is 4.98 Å². The molecule has 2 aromatic rings. The van der Waals surface area contributed by atoms with Gasteiger partial charge in [-0.1, -0.05) is 0 Å². The van der Waals surface area contributed by atoms with Gasteiger partial charge in [-0.2, -0.15) is 4.98 Å². The molecule has 0 bridgehead atoms. The molecule has 0 radical (unpaired) electrons. The van der Waals surface area contributed by atoms with Crippen LogP contribution in [0.5, 0.6) is 0 Å². The Balaban J connectivity index is 2.53. The van der Waals surface area contributed by atoms with Crippen molar-refractivity contribution in [2.24, 2.45) is 0 Å². The summed E-state index contributed by atoms with van der Waals surface area (Å²) >= 11 is 0. The summed E-state index contributed by atoms with van der Waals surface area (Å²) < 4.78 is 0. The SMILES string of the molecule is Cc1c[s+](-c2ccncc2)c(N)n1. The monoisotopic (exact) mass is 192 g/mol. The predicted octanol–water partition coefficient (Wildman–Crippen LogP) is 2.11. The van der Waals surface area contributed by atoms with Gasteiger partial charge in [-0.15, -0.1) is 0 Å². The molecule has 0 saturated carbocycles. The quantitative estimate of drug-likeness (QED) is 0.704. The summed E-state index contributed by atoms with van der Waals surface area (Å²) in [5, 5.41) is 2.79. The fraction of sp³-hybridized carbons (Fsp3) is 0.111. The lowest BCUT2D eigenvalue weighted by atomic mass is 10.5. The van der Waals surface area contributed by atoms with Crippen LogP contribution in [0.25, 0.3) is 4.90 Å². The Morgan fingerprint density at radius 1 is 1.31 bits per heavy atom. The van der Waals surface area contributed by atoms with Crippen LogP contribution in [0.3, 0.4) is 0 Å². The first kappa shape index (κ1) is 8.19. The number of thiazole rings is 1. The number of hydrogen-bond donors (Lipinski definition) is 1. The van der Waals surface area contributed by atoms with E-state index < -0.39 is 0 Å². The third-order valence-corrected chi connectivity index (χ3v) is 3.60. The van der Waals surface area contributed by atoms with E-state index in [4.69, 9.17) is 5.73 Å². The van der Waals surface area contributed by atoms with Gasteiger partial charge >= 0.3 is 5.13 Å². The molecule has 0 aliphatic rings. The van der Waals surface area contributed by atoms with Gasteiger partial charge in [0.05, 0.1) is 16.2 Å². The van der Waals surface area contributed by atoms with E-state index in [-0.39, 0.29) is 10.5 Å². The minimum Gasteiger partial charge on any atom is -0.339 e. The Bertz CT molecular complexity index is 408. The lowest BCUT2D eigenvalue weighted by molar-refractivity contribution is 1.27. The third-order valence-electron chi connectivity index (χ3n) is 1.70. The number of aryl methyl sites for hydroxylation is 1. The molecule has 4 heteroatoms. The van der Waals surface area contributed by atoms with Crippen molar-refractivity contribution in [3.63, 3.8) is 0 Å². The second-order valence-corrected chi connectivity index (χ2v) is 4.53. The zero-order valence-electron chi connectivity index (χ0n) is 7.27. The molecule has 2 rings (SSSR count). The highest BCUT2D eigenvalue weighted by molar-refractivity contribution is 7.41. The highest BCUT2D eigenvalue weighted by Gasteiger charge is 2.16. The number of nitrogens with two attached hydrogens (primary N) is 1. The molecule has 2 heterocycles. The van der Waals surface area contributed by atoms with Crippen LogP contribution in [0.15, 0.2) is 29.9 Å². The number of pyridine rings is 1. The highest BCUT2D eigenvalue weighted by Crippen LogP contribution is 2.36. The average molecular weight is 192 g/mol.